The van der Waals surface area contributed by atoms with Crippen LogP contribution in [0.15, 0.2) is 12.2 Å². The van der Waals surface area contributed by atoms with Crippen LogP contribution in [-0.4, -0.2) is 210 Å². The van der Waals surface area contributed by atoms with Crippen molar-refractivity contribution in [3.05, 3.63) is 12.2 Å². The maximum absolute atomic E-state index is 13.4. The second-order valence-corrected chi connectivity index (χ2v) is 22.9. The van der Waals surface area contributed by atoms with Crippen molar-refractivity contribution in [2.45, 2.75) is 317 Å². The molecule has 24 heteroatoms. The number of carboxylic acids is 1. The molecule has 3 aliphatic heterocycles. The van der Waals surface area contributed by atoms with Gasteiger partial charge in [0, 0.05) is 19.8 Å². The number of unbranched alkanes of at least 4 members (excludes halogenated alkanes) is 25. The van der Waals surface area contributed by atoms with E-state index in [0.717, 1.165) is 51.9 Å². The van der Waals surface area contributed by atoms with Gasteiger partial charge in [0.2, 0.25) is 17.6 Å². The van der Waals surface area contributed by atoms with Gasteiger partial charge in [0.25, 0.3) is 0 Å². The second kappa shape index (κ2) is 44.0. The summed E-state index contributed by atoms with van der Waals surface area (Å²) in [7, 11) is 0. The molecule has 0 aromatic rings. The summed E-state index contributed by atoms with van der Waals surface area (Å²) in [6, 6.07) is -2.64. The number of carbonyl (C=O) groups excluding carboxylic acids is 3. The number of carboxylic acid groups (broad SMARTS) is 1. The van der Waals surface area contributed by atoms with Gasteiger partial charge >= 0.3 is 29.6 Å². The largest absolute Gasteiger partial charge is 1.00 e. The molecule has 83 heavy (non-hydrogen) atoms. The molecule has 23 nitrogen and oxygen atoms in total. The SMILES string of the molecule is CCCCCCCCCCCCCC=CC(O)C(COC1OC(CO)C(OC2OC(CO)C(O)C(OC3(C(=O)[O-])CC(O)C(NC(C)=O)C(C(O)C(O)CO)O3)C2O)C(O)C1O)NC(=O)CCCCCCCCCCCCCCCCC.[Na+]. The number of ether oxygens (including phenoxy) is 6. The maximum atomic E-state index is 13.4. The van der Waals surface area contributed by atoms with E-state index in [-0.39, 0.29) is 41.9 Å². The molecule has 0 aromatic carbocycles. The summed E-state index contributed by atoms with van der Waals surface area (Å²) in [5.74, 6) is -6.52. The predicted molar refractivity (Wildman–Crippen MR) is 299 cm³/mol. The van der Waals surface area contributed by atoms with Crippen molar-refractivity contribution >= 4 is 17.8 Å². The Kier molecular flexibility index (Phi) is 41.1. The van der Waals surface area contributed by atoms with Crippen LogP contribution < -0.4 is 45.3 Å². The van der Waals surface area contributed by atoms with Gasteiger partial charge in [-0.2, -0.15) is 0 Å². The molecule has 0 aromatic heterocycles. The summed E-state index contributed by atoms with van der Waals surface area (Å²) in [5, 5.41) is 138. The monoisotopic (exact) mass is 1200 g/mol. The molecule has 3 fully saturated rings. The topological polar surface area (TPSA) is 376 Å². The van der Waals surface area contributed by atoms with E-state index >= 15 is 0 Å². The van der Waals surface area contributed by atoms with Crippen LogP contribution in [0.1, 0.15) is 207 Å². The van der Waals surface area contributed by atoms with E-state index in [2.05, 4.69) is 24.5 Å². The number of allylic oxidation sites excluding steroid dienone is 1. The van der Waals surface area contributed by atoms with Crippen LogP contribution in [0.25, 0.3) is 0 Å². The first kappa shape index (κ1) is 77.6. The van der Waals surface area contributed by atoms with E-state index in [1.54, 1.807) is 6.08 Å². The molecule has 3 heterocycles. The summed E-state index contributed by atoms with van der Waals surface area (Å²) in [5.41, 5.74) is 0. The minimum absolute atomic E-state index is 0. The number of rotatable bonds is 45. The molecule has 0 aliphatic carbocycles. The molecule has 0 saturated carbocycles. The minimum atomic E-state index is -3.19. The zero-order chi connectivity index (χ0) is 60.5. The first-order chi connectivity index (χ1) is 39.4. The molecule has 480 valence electrons. The van der Waals surface area contributed by atoms with Crippen molar-refractivity contribution in [3.8, 4) is 0 Å². The van der Waals surface area contributed by atoms with Crippen LogP contribution in [0.2, 0.25) is 0 Å². The Morgan fingerprint density at radius 1 is 0.651 bits per heavy atom. The minimum Gasteiger partial charge on any atom is -0.544 e. The summed E-state index contributed by atoms with van der Waals surface area (Å²) in [6.07, 6.45) is 5.17. The number of hydrogen-bond acceptors (Lipinski definition) is 21. The number of nitrogens with one attached hydrogen (secondary N) is 2. The quantitative estimate of drug-likeness (QED) is 0.0194. The fourth-order valence-electron chi connectivity index (χ4n) is 10.9. The Labute approximate surface area is 514 Å². The van der Waals surface area contributed by atoms with Gasteiger partial charge in [-0.15, -0.1) is 0 Å². The first-order valence-electron chi connectivity index (χ1n) is 31.0. The Balaban J connectivity index is 0.0000235. The van der Waals surface area contributed by atoms with E-state index in [4.69, 9.17) is 28.4 Å². The van der Waals surface area contributed by atoms with Gasteiger partial charge in [0.15, 0.2) is 12.6 Å². The van der Waals surface area contributed by atoms with Gasteiger partial charge < -0.3 is 105 Å². The molecule has 3 rings (SSSR count). The van der Waals surface area contributed by atoms with Crippen molar-refractivity contribution in [3.63, 3.8) is 0 Å². The van der Waals surface area contributed by atoms with Gasteiger partial charge in [0.1, 0.15) is 73.1 Å². The molecule has 0 radical (unpaired) electrons. The third kappa shape index (κ3) is 27.4. The van der Waals surface area contributed by atoms with Crippen molar-refractivity contribution in [1.29, 1.82) is 0 Å². The van der Waals surface area contributed by atoms with E-state index in [1.807, 2.05) is 6.08 Å². The standard InChI is InChI=1S/C59H108N2O21.Na/c1-4-6-8-10-12-14-16-18-19-21-23-25-27-29-31-33-46(69)61-40(41(66)32-30-28-26-24-22-20-17-15-13-11-9-7-5-2)38-77-56-51(73)50(72)53(45(37-64)79-56)80-57-52(74)55(49(71)44(36-63)78-57)82-59(58(75)76)34-42(67)47(60-39(3)65)54(81-59)48(70)43(68)35-62;/h30,32,40-45,47-57,62-64,66-68,70-74H,4-29,31,33-38H2,1-3H3,(H,60,65)(H,61,69)(H,75,76);/q;+1/p-1. The number of aliphatic hydroxyl groups is 11. The summed E-state index contributed by atoms with van der Waals surface area (Å²) < 4.78 is 34.5. The normalized spacial score (nSPS) is 29.9. The van der Waals surface area contributed by atoms with E-state index < -0.39 is 155 Å². The molecule has 3 aliphatic rings. The van der Waals surface area contributed by atoms with Gasteiger partial charge in [-0.25, -0.2) is 0 Å². The molecule has 3 saturated heterocycles. The average Bonchev–Trinajstić information content (AvgIpc) is 3.65. The number of aliphatic carboxylic acids is 1. The molecule has 2 amide bonds. The van der Waals surface area contributed by atoms with E-state index in [1.165, 1.54) is 116 Å². The zero-order valence-corrected chi connectivity index (χ0v) is 52.3. The molecular weight excluding hydrogens is 1100 g/mol. The van der Waals surface area contributed by atoms with E-state index in [9.17, 15) is 75.7 Å². The summed E-state index contributed by atoms with van der Waals surface area (Å²) in [6.45, 7) is 2.04. The Morgan fingerprint density at radius 2 is 1.14 bits per heavy atom. The van der Waals surface area contributed by atoms with Crippen molar-refractivity contribution in [2.75, 3.05) is 26.4 Å². The molecule has 18 atom stereocenters. The number of aliphatic hydroxyl groups excluding tert-OH is 11. The van der Waals surface area contributed by atoms with Gasteiger partial charge in [-0.3, -0.25) is 9.59 Å². The molecule has 0 bridgehead atoms. The Bertz CT molecular complexity index is 1740. The van der Waals surface area contributed by atoms with Gasteiger partial charge in [-0.05, 0) is 19.3 Å². The second-order valence-electron chi connectivity index (χ2n) is 22.9. The van der Waals surface area contributed by atoms with Crippen molar-refractivity contribution in [2.24, 2.45) is 0 Å². The summed E-state index contributed by atoms with van der Waals surface area (Å²) >= 11 is 0. The fourth-order valence-corrected chi connectivity index (χ4v) is 10.9. The first-order valence-corrected chi connectivity index (χ1v) is 31.0. The van der Waals surface area contributed by atoms with Gasteiger partial charge in [-0.1, -0.05) is 180 Å². The van der Waals surface area contributed by atoms with Crippen LogP contribution in [0, 0.1) is 0 Å². The molecule has 13 N–H and O–H groups in total. The van der Waals surface area contributed by atoms with Crippen LogP contribution in [0.4, 0.5) is 0 Å². The zero-order valence-electron chi connectivity index (χ0n) is 50.3. The fraction of sp³-hybridized carbons (Fsp3) is 0.915. The molecule has 0 spiro atoms. The van der Waals surface area contributed by atoms with Crippen LogP contribution in [0.5, 0.6) is 0 Å². The smallest absolute Gasteiger partial charge is 0.544 e. The average molecular weight is 1200 g/mol. The van der Waals surface area contributed by atoms with Crippen LogP contribution in [-0.2, 0) is 42.8 Å². The Hall–Kier alpha value is -1.53. The molecular formula is C59H107N2NaO21. The van der Waals surface area contributed by atoms with Gasteiger partial charge in [0.05, 0.1) is 50.7 Å². The third-order valence-corrected chi connectivity index (χ3v) is 15.9. The van der Waals surface area contributed by atoms with Crippen molar-refractivity contribution in [1.82, 2.24) is 10.6 Å². The summed E-state index contributed by atoms with van der Waals surface area (Å²) in [4.78, 5) is 38.2. The van der Waals surface area contributed by atoms with E-state index in [0.29, 0.717) is 12.8 Å². The van der Waals surface area contributed by atoms with Crippen molar-refractivity contribution < 1.29 is 134 Å². The molecule has 18 unspecified atom stereocenters. The maximum Gasteiger partial charge on any atom is 1.00 e. The van der Waals surface area contributed by atoms with Crippen LogP contribution in [0.3, 0.4) is 0 Å². The predicted octanol–water partition coefficient (Wildman–Crippen LogP) is -1.17. The number of carbonyl (C=O) groups is 3. The number of amides is 2. The van der Waals surface area contributed by atoms with Crippen LogP contribution >= 0.6 is 0 Å². The number of hydrogen-bond donors (Lipinski definition) is 13. The third-order valence-electron chi connectivity index (χ3n) is 15.9. The Morgan fingerprint density at radius 3 is 1.63 bits per heavy atom.